The Morgan fingerprint density at radius 2 is 2.00 bits per heavy atom. The summed E-state index contributed by atoms with van der Waals surface area (Å²) in [6, 6.07) is 9.33. The second-order valence-electron chi connectivity index (χ2n) is 3.41. The van der Waals surface area contributed by atoms with E-state index >= 15 is 0 Å². The molecule has 86 valence electrons. The summed E-state index contributed by atoms with van der Waals surface area (Å²) in [5, 5.41) is 2.59. The number of hydrogen-bond donors (Lipinski definition) is 1. The zero-order valence-corrected chi connectivity index (χ0v) is 9.38. The van der Waals surface area contributed by atoms with E-state index in [1.165, 1.54) is 0 Å². The fraction of sp³-hybridized carbons (Fsp3) is 0.0769. The lowest BCUT2D eigenvalue weighted by Gasteiger charge is -2.10. The lowest BCUT2D eigenvalue weighted by molar-refractivity contribution is -0.105. The zero-order valence-electron chi connectivity index (χ0n) is 9.38. The molecule has 1 aromatic carbocycles. The molecule has 0 aliphatic heterocycles. The van der Waals surface area contributed by atoms with Crippen LogP contribution in [0.3, 0.4) is 0 Å². The molecule has 0 saturated heterocycles. The van der Waals surface area contributed by atoms with Gasteiger partial charge in [0.25, 0.3) is 0 Å². The Hall–Kier alpha value is -2.36. The third kappa shape index (κ3) is 2.42. The molecule has 0 radical (unpaired) electrons. The Labute approximate surface area is 99.3 Å². The molecule has 4 nitrogen and oxygen atoms in total. The van der Waals surface area contributed by atoms with Crippen molar-refractivity contribution >= 4 is 12.1 Å². The van der Waals surface area contributed by atoms with Gasteiger partial charge in [-0.2, -0.15) is 0 Å². The summed E-state index contributed by atoms with van der Waals surface area (Å²) >= 11 is 0. The number of amides is 1. The van der Waals surface area contributed by atoms with Crippen molar-refractivity contribution in [3.63, 3.8) is 0 Å². The minimum atomic E-state index is 0.640. The van der Waals surface area contributed by atoms with Gasteiger partial charge in [-0.25, -0.2) is 0 Å². The van der Waals surface area contributed by atoms with Crippen molar-refractivity contribution in [2.24, 2.45) is 0 Å². The number of rotatable bonds is 4. The highest BCUT2D eigenvalue weighted by Crippen LogP contribution is 2.31. The summed E-state index contributed by atoms with van der Waals surface area (Å²) in [6.45, 7) is 0. The number of nitrogens with zero attached hydrogens (tertiary/aromatic N) is 1. The fourth-order valence-corrected chi connectivity index (χ4v) is 1.62. The molecule has 1 heterocycles. The fourth-order valence-electron chi connectivity index (χ4n) is 1.62. The molecule has 2 rings (SSSR count). The summed E-state index contributed by atoms with van der Waals surface area (Å²) in [7, 11) is 1.60. The molecule has 0 fully saturated rings. The van der Waals surface area contributed by atoms with Crippen molar-refractivity contribution in [1.29, 1.82) is 0 Å². The van der Waals surface area contributed by atoms with Gasteiger partial charge in [0.05, 0.1) is 7.11 Å². The van der Waals surface area contributed by atoms with Gasteiger partial charge in [0.2, 0.25) is 6.41 Å². The van der Waals surface area contributed by atoms with Gasteiger partial charge < -0.3 is 10.1 Å². The number of ether oxygens (including phenoxy) is 1. The second-order valence-corrected chi connectivity index (χ2v) is 3.41. The summed E-state index contributed by atoms with van der Waals surface area (Å²) in [6.07, 6.45) is 4.10. The van der Waals surface area contributed by atoms with Crippen molar-refractivity contribution in [1.82, 2.24) is 4.98 Å². The van der Waals surface area contributed by atoms with Crippen LogP contribution in [0, 0.1) is 0 Å². The summed E-state index contributed by atoms with van der Waals surface area (Å²) in [4.78, 5) is 14.3. The van der Waals surface area contributed by atoms with Gasteiger partial charge in [-0.15, -0.1) is 0 Å². The molecule has 0 bridgehead atoms. The maximum absolute atomic E-state index is 10.4. The van der Waals surface area contributed by atoms with Crippen LogP contribution in [0.15, 0.2) is 42.7 Å². The van der Waals surface area contributed by atoms with Crippen LogP contribution >= 0.6 is 0 Å². The minimum Gasteiger partial charge on any atom is -0.496 e. The Bertz CT molecular complexity index is 512. The molecule has 0 spiro atoms. The highest BCUT2D eigenvalue weighted by atomic mass is 16.5. The highest BCUT2D eigenvalue weighted by molar-refractivity contribution is 5.77. The molecular weight excluding hydrogens is 216 g/mol. The molecule has 17 heavy (non-hydrogen) atoms. The third-order valence-corrected chi connectivity index (χ3v) is 2.42. The van der Waals surface area contributed by atoms with E-state index in [9.17, 15) is 4.79 Å². The van der Waals surface area contributed by atoms with Crippen LogP contribution in [0.4, 0.5) is 5.69 Å². The molecule has 1 aromatic heterocycles. The van der Waals surface area contributed by atoms with E-state index in [0.717, 1.165) is 11.1 Å². The van der Waals surface area contributed by atoms with Crippen LogP contribution in [0.1, 0.15) is 0 Å². The topological polar surface area (TPSA) is 51.2 Å². The molecule has 0 saturated carbocycles. The third-order valence-electron chi connectivity index (χ3n) is 2.42. The van der Waals surface area contributed by atoms with E-state index in [4.69, 9.17) is 4.74 Å². The van der Waals surface area contributed by atoms with E-state index < -0.39 is 0 Å². The number of carbonyl (C=O) groups is 1. The summed E-state index contributed by atoms with van der Waals surface area (Å²) in [5.41, 5.74) is 2.69. The van der Waals surface area contributed by atoms with Crippen LogP contribution in [0.25, 0.3) is 11.1 Å². The molecule has 0 aliphatic carbocycles. The first-order chi connectivity index (χ1) is 8.35. The normalized spacial score (nSPS) is 9.71. The van der Waals surface area contributed by atoms with Gasteiger partial charge in [-0.3, -0.25) is 9.78 Å². The smallest absolute Gasteiger partial charge is 0.211 e. The van der Waals surface area contributed by atoms with Gasteiger partial charge in [0.1, 0.15) is 5.75 Å². The maximum Gasteiger partial charge on any atom is 0.211 e. The van der Waals surface area contributed by atoms with Crippen LogP contribution in [0.2, 0.25) is 0 Å². The van der Waals surface area contributed by atoms with Crippen molar-refractivity contribution in [2.75, 3.05) is 12.4 Å². The van der Waals surface area contributed by atoms with Crippen LogP contribution in [0.5, 0.6) is 5.75 Å². The monoisotopic (exact) mass is 228 g/mol. The largest absolute Gasteiger partial charge is 0.496 e. The molecular formula is C13H12N2O2. The molecule has 0 atom stereocenters. The molecule has 0 unspecified atom stereocenters. The number of methoxy groups -OCH3 is 1. The first-order valence-corrected chi connectivity index (χ1v) is 5.14. The molecule has 1 N–H and O–H groups in total. The predicted octanol–water partition coefficient (Wildman–Crippen LogP) is 2.33. The standard InChI is InChI=1S/C13H12N2O2/c1-17-13-8-11(15-9-16)2-3-12(13)10-4-6-14-7-5-10/h2-9H,1H3,(H,15,16). The molecule has 2 aromatic rings. The Morgan fingerprint density at radius 3 is 2.65 bits per heavy atom. The van der Waals surface area contributed by atoms with Gasteiger partial charge >= 0.3 is 0 Å². The first kappa shape index (κ1) is 11.1. The van der Waals surface area contributed by atoms with Crippen LogP contribution in [-0.4, -0.2) is 18.5 Å². The highest BCUT2D eigenvalue weighted by Gasteiger charge is 2.06. The second kappa shape index (κ2) is 5.12. The maximum atomic E-state index is 10.4. The number of benzene rings is 1. The Kier molecular flexibility index (Phi) is 3.35. The quantitative estimate of drug-likeness (QED) is 0.817. The number of hydrogen-bond acceptors (Lipinski definition) is 3. The van der Waals surface area contributed by atoms with Crippen LogP contribution < -0.4 is 10.1 Å². The van der Waals surface area contributed by atoms with E-state index in [-0.39, 0.29) is 0 Å². The molecule has 4 heteroatoms. The van der Waals surface area contributed by atoms with E-state index in [1.807, 2.05) is 24.3 Å². The van der Waals surface area contributed by atoms with Gasteiger partial charge in [-0.05, 0) is 29.8 Å². The average molecular weight is 228 g/mol. The van der Waals surface area contributed by atoms with Gasteiger partial charge in [0.15, 0.2) is 0 Å². The van der Waals surface area contributed by atoms with Crippen molar-refractivity contribution < 1.29 is 9.53 Å². The first-order valence-electron chi connectivity index (χ1n) is 5.14. The summed E-state index contributed by atoms with van der Waals surface area (Å²) in [5.74, 6) is 0.711. The van der Waals surface area contributed by atoms with Crippen molar-refractivity contribution in [3.05, 3.63) is 42.7 Å². The number of carbonyl (C=O) groups excluding carboxylic acids is 1. The average Bonchev–Trinajstić information content (AvgIpc) is 2.40. The SMILES string of the molecule is COc1cc(NC=O)ccc1-c1ccncc1. The number of nitrogens with one attached hydrogen (secondary N) is 1. The number of pyridine rings is 1. The number of aromatic nitrogens is 1. The van der Waals surface area contributed by atoms with Crippen molar-refractivity contribution in [3.8, 4) is 16.9 Å². The van der Waals surface area contributed by atoms with E-state index in [2.05, 4.69) is 10.3 Å². The zero-order chi connectivity index (χ0) is 12.1. The molecule has 1 amide bonds. The van der Waals surface area contributed by atoms with Crippen molar-refractivity contribution in [2.45, 2.75) is 0 Å². The summed E-state index contributed by atoms with van der Waals surface area (Å²) < 4.78 is 5.31. The van der Waals surface area contributed by atoms with E-state index in [0.29, 0.717) is 17.8 Å². The van der Waals surface area contributed by atoms with E-state index in [1.54, 1.807) is 25.6 Å². The lowest BCUT2D eigenvalue weighted by Crippen LogP contribution is -1.95. The lowest BCUT2D eigenvalue weighted by atomic mass is 10.1. The van der Waals surface area contributed by atoms with Crippen LogP contribution in [-0.2, 0) is 4.79 Å². The Balaban J connectivity index is 2.44. The van der Waals surface area contributed by atoms with Gasteiger partial charge in [0, 0.05) is 29.7 Å². The van der Waals surface area contributed by atoms with Gasteiger partial charge in [-0.1, -0.05) is 0 Å². The minimum absolute atomic E-state index is 0.640. The Morgan fingerprint density at radius 1 is 1.24 bits per heavy atom. The number of anilines is 1. The predicted molar refractivity (Wildman–Crippen MR) is 65.9 cm³/mol. The molecule has 0 aliphatic rings.